The molecule has 0 aliphatic heterocycles. The van der Waals surface area contributed by atoms with E-state index in [1.165, 1.54) is 0 Å². The summed E-state index contributed by atoms with van der Waals surface area (Å²) in [6.07, 6.45) is 1.76. The fraction of sp³-hybridized carbons (Fsp3) is 0.875. The first-order chi connectivity index (χ1) is 6.82. The van der Waals surface area contributed by atoms with Crippen molar-refractivity contribution in [3.63, 3.8) is 0 Å². The van der Waals surface area contributed by atoms with Gasteiger partial charge in [0.15, 0.2) is 0 Å². The number of rotatable bonds is 6. The zero-order valence-corrected chi connectivity index (χ0v) is 9.76. The molecular weight excluding hydrogens is 216 g/mol. The van der Waals surface area contributed by atoms with Crippen LogP contribution in [0.15, 0.2) is 0 Å². The topological polar surface area (TPSA) is 108 Å². The molecule has 0 aromatic rings. The summed E-state index contributed by atoms with van der Waals surface area (Å²) in [7, 11) is -3.53. The normalized spacial score (nSPS) is 19.1. The minimum Gasteiger partial charge on any atom is -0.386 e. The van der Waals surface area contributed by atoms with Crippen LogP contribution in [0.5, 0.6) is 0 Å². The van der Waals surface area contributed by atoms with Crippen LogP contribution >= 0.6 is 0 Å². The smallest absolute Gasteiger partial charge is 0.277 e. The van der Waals surface area contributed by atoms with E-state index in [9.17, 15) is 8.42 Å². The zero-order chi connectivity index (χ0) is 11.6. The van der Waals surface area contributed by atoms with E-state index in [1.54, 1.807) is 0 Å². The second kappa shape index (κ2) is 4.46. The van der Waals surface area contributed by atoms with Gasteiger partial charge < -0.3 is 5.73 Å². The fourth-order valence-corrected chi connectivity index (χ4v) is 2.66. The molecule has 7 heteroatoms. The lowest BCUT2D eigenvalue weighted by molar-refractivity contribution is 0.513. The van der Waals surface area contributed by atoms with Crippen molar-refractivity contribution < 1.29 is 8.42 Å². The molecule has 0 radical (unpaired) electrons. The molecule has 1 atom stereocenters. The van der Waals surface area contributed by atoms with Gasteiger partial charge in [0.1, 0.15) is 5.84 Å². The predicted molar refractivity (Wildman–Crippen MR) is 58.8 cm³/mol. The molecule has 1 saturated carbocycles. The minimum absolute atomic E-state index is 0.0433. The first-order valence-electron chi connectivity index (χ1n) is 4.95. The van der Waals surface area contributed by atoms with Gasteiger partial charge in [0.2, 0.25) is 0 Å². The lowest BCUT2D eigenvalue weighted by Crippen LogP contribution is -2.51. The third-order valence-corrected chi connectivity index (χ3v) is 3.39. The highest BCUT2D eigenvalue weighted by molar-refractivity contribution is 7.87. The maximum atomic E-state index is 11.5. The molecule has 15 heavy (non-hydrogen) atoms. The molecule has 1 aliphatic carbocycles. The van der Waals surface area contributed by atoms with Crippen LogP contribution in [0, 0.1) is 11.3 Å². The molecule has 6 nitrogen and oxygen atoms in total. The molecule has 5 N–H and O–H groups in total. The summed E-state index contributed by atoms with van der Waals surface area (Å²) in [5, 5.41) is 7.28. The highest BCUT2D eigenvalue weighted by atomic mass is 32.2. The van der Waals surface area contributed by atoms with Gasteiger partial charge in [-0.2, -0.15) is 17.9 Å². The monoisotopic (exact) mass is 234 g/mol. The molecule has 0 heterocycles. The predicted octanol–water partition coefficient (Wildman–Crippen LogP) is -0.467. The summed E-state index contributed by atoms with van der Waals surface area (Å²) in [6.45, 7) is 3.62. The third kappa shape index (κ3) is 4.15. The Morgan fingerprint density at radius 3 is 2.33 bits per heavy atom. The van der Waals surface area contributed by atoms with Crippen molar-refractivity contribution in [3.05, 3.63) is 0 Å². The number of amidine groups is 1. The average molecular weight is 234 g/mol. The Bertz CT molecular complexity index is 335. The fourth-order valence-electron chi connectivity index (χ4n) is 1.18. The second-order valence-electron chi connectivity index (χ2n) is 4.19. The maximum Gasteiger partial charge on any atom is 0.277 e. The van der Waals surface area contributed by atoms with E-state index in [0.29, 0.717) is 0 Å². The minimum atomic E-state index is -3.53. The molecule has 1 unspecified atom stereocenters. The lowest BCUT2D eigenvalue weighted by atomic mass is 10.1. The summed E-state index contributed by atoms with van der Waals surface area (Å²) in [6, 6.07) is -0.580. The molecule has 0 amide bonds. The standard InChI is InChI=1S/C8H18N4O2S/c1-5(2)7(8(9)10)12-15(13,14)11-6-3-4-6/h5-7,11-12H,3-4H2,1-2H3,(H3,9,10). The summed E-state index contributed by atoms with van der Waals surface area (Å²) in [4.78, 5) is 0. The molecule has 0 saturated heterocycles. The van der Waals surface area contributed by atoms with E-state index in [4.69, 9.17) is 11.1 Å². The van der Waals surface area contributed by atoms with E-state index < -0.39 is 16.3 Å². The van der Waals surface area contributed by atoms with Gasteiger partial charge in [0.25, 0.3) is 10.2 Å². The van der Waals surface area contributed by atoms with E-state index >= 15 is 0 Å². The summed E-state index contributed by atoms with van der Waals surface area (Å²) >= 11 is 0. The van der Waals surface area contributed by atoms with Gasteiger partial charge >= 0.3 is 0 Å². The van der Waals surface area contributed by atoms with Crippen molar-refractivity contribution in [1.82, 2.24) is 9.44 Å². The van der Waals surface area contributed by atoms with Gasteiger partial charge in [-0.05, 0) is 18.8 Å². The zero-order valence-electron chi connectivity index (χ0n) is 8.95. The van der Waals surface area contributed by atoms with Gasteiger partial charge in [-0.25, -0.2) is 0 Å². The van der Waals surface area contributed by atoms with Crippen molar-refractivity contribution in [2.75, 3.05) is 0 Å². The molecule has 1 aliphatic rings. The lowest BCUT2D eigenvalue weighted by Gasteiger charge is -2.20. The highest BCUT2D eigenvalue weighted by Gasteiger charge is 2.29. The molecule has 0 bridgehead atoms. The van der Waals surface area contributed by atoms with Crippen LogP contribution in [0.4, 0.5) is 0 Å². The molecule has 0 aromatic heterocycles. The van der Waals surface area contributed by atoms with Gasteiger partial charge in [-0.3, -0.25) is 5.41 Å². The van der Waals surface area contributed by atoms with Crippen molar-refractivity contribution in [1.29, 1.82) is 5.41 Å². The van der Waals surface area contributed by atoms with E-state index in [0.717, 1.165) is 12.8 Å². The van der Waals surface area contributed by atoms with Crippen LogP contribution in [0.2, 0.25) is 0 Å². The molecule has 0 spiro atoms. The van der Waals surface area contributed by atoms with Crippen LogP contribution < -0.4 is 15.2 Å². The Labute approximate surface area is 90.3 Å². The Hall–Kier alpha value is -0.660. The van der Waals surface area contributed by atoms with E-state index in [1.807, 2.05) is 13.8 Å². The van der Waals surface area contributed by atoms with Crippen molar-refractivity contribution >= 4 is 16.0 Å². The van der Waals surface area contributed by atoms with E-state index in [2.05, 4.69) is 9.44 Å². The first-order valence-corrected chi connectivity index (χ1v) is 6.43. The van der Waals surface area contributed by atoms with Gasteiger partial charge in [0, 0.05) is 6.04 Å². The second-order valence-corrected chi connectivity index (χ2v) is 5.67. The number of nitrogens with one attached hydrogen (secondary N) is 3. The van der Waals surface area contributed by atoms with Crippen molar-refractivity contribution in [2.45, 2.75) is 38.8 Å². The SMILES string of the molecule is CC(C)C(NS(=O)(=O)NC1CC1)C(=N)N. The molecule has 1 fully saturated rings. The maximum absolute atomic E-state index is 11.5. The highest BCUT2D eigenvalue weighted by Crippen LogP contribution is 2.19. The average Bonchev–Trinajstić information content (AvgIpc) is 2.82. The van der Waals surface area contributed by atoms with E-state index in [-0.39, 0.29) is 17.8 Å². The van der Waals surface area contributed by atoms with Crippen molar-refractivity contribution in [3.8, 4) is 0 Å². The van der Waals surface area contributed by atoms with Gasteiger partial charge in [-0.15, -0.1) is 0 Å². The first kappa shape index (κ1) is 12.4. The molecule has 88 valence electrons. The number of hydrogen-bond acceptors (Lipinski definition) is 3. The Kier molecular flexibility index (Phi) is 3.69. The third-order valence-electron chi connectivity index (χ3n) is 2.18. The Morgan fingerprint density at radius 1 is 1.47 bits per heavy atom. The van der Waals surface area contributed by atoms with Crippen LogP contribution in [0.25, 0.3) is 0 Å². The van der Waals surface area contributed by atoms with Crippen LogP contribution in [-0.4, -0.2) is 26.3 Å². The quantitative estimate of drug-likeness (QED) is 0.368. The van der Waals surface area contributed by atoms with Crippen LogP contribution in [0.1, 0.15) is 26.7 Å². The summed E-state index contributed by atoms with van der Waals surface area (Å²) in [5.74, 6) is -0.204. The van der Waals surface area contributed by atoms with Gasteiger partial charge in [-0.1, -0.05) is 13.8 Å². The van der Waals surface area contributed by atoms with Gasteiger partial charge in [0.05, 0.1) is 6.04 Å². The molecule has 0 aromatic carbocycles. The summed E-state index contributed by atoms with van der Waals surface area (Å²) in [5.41, 5.74) is 5.32. The molecular formula is C8H18N4O2S. The van der Waals surface area contributed by atoms with Crippen LogP contribution in [-0.2, 0) is 10.2 Å². The summed E-state index contributed by atoms with van der Waals surface area (Å²) < 4.78 is 27.9. The Morgan fingerprint density at radius 2 is 2.00 bits per heavy atom. The Balaban J connectivity index is 2.59. The number of hydrogen-bond donors (Lipinski definition) is 4. The molecule has 1 rings (SSSR count). The largest absolute Gasteiger partial charge is 0.386 e. The van der Waals surface area contributed by atoms with Crippen molar-refractivity contribution in [2.24, 2.45) is 11.7 Å². The number of nitrogens with two attached hydrogens (primary N) is 1. The van der Waals surface area contributed by atoms with Crippen LogP contribution in [0.3, 0.4) is 0 Å².